The summed E-state index contributed by atoms with van der Waals surface area (Å²) in [5.41, 5.74) is 0.903. The largest absolute Gasteiger partial charge is 0.307 e. The zero-order valence-electron chi connectivity index (χ0n) is 9.00. The summed E-state index contributed by atoms with van der Waals surface area (Å²) in [5, 5.41) is 11.7. The summed E-state index contributed by atoms with van der Waals surface area (Å²) in [4.78, 5) is 0. The van der Waals surface area contributed by atoms with Crippen LogP contribution >= 0.6 is 0 Å². The number of nitrogens with zero attached hydrogens (tertiary/aromatic N) is 1. The smallest absolute Gasteiger partial charge is 0.123 e. The summed E-state index contributed by atoms with van der Waals surface area (Å²) in [6.07, 6.45) is 0.458. The molecule has 2 nitrogen and oxygen atoms in total. The zero-order valence-corrected chi connectivity index (χ0v) is 9.00. The van der Waals surface area contributed by atoms with Gasteiger partial charge in [-0.15, -0.1) is 0 Å². The molecule has 0 fully saturated rings. The van der Waals surface area contributed by atoms with Crippen LogP contribution in [-0.4, -0.2) is 6.04 Å². The molecule has 1 aromatic carbocycles. The van der Waals surface area contributed by atoms with Gasteiger partial charge in [-0.25, -0.2) is 4.39 Å². The molecule has 0 aromatic heterocycles. The zero-order chi connectivity index (χ0) is 11.3. The second kappa shape index (κ2) is 5.47. The second-order valence-electron chi connectivity index (χ2n) is 3.71. The van der Waals surface area contributed by atoms with Crippen molar-refractivity contribution in [2.45, 2.75) is 32.4 Å². The number of nitriles is 1. The number of rotatable bonds is 4. The number of benzene rings is 1. The van der Waals surface area contributed by atoms with Gasteiger partial charge in [-0.2, -0.15) is 5.26 Å². The first kappa shape index (κ1) is 11.7. The molecule has 0 saturated heterocycles. The molecule has 3 heteroatoms. The molecule has 1 rings (SSSR count). The maximum atomic E-state index is 12.9. The van der Waals surface area contributed by atoms with Crippen LogP contribution in [0.25, 0.3) is 0 Å². The Hall–Kier alpha value is -1.40. The van der Waals surface area contributed by atoms with E-state index in [1.807, 2.05) is 19.9 Å². The monoisotopic (exact) mass is 206 g/mol. The molecule has 2 unspecified atom stereocenters. The Morgan fingerprint density at radius 3 is 2.80 bits per heavy atom. The Bertz CT molecular complexity index is 357. The summed E-state index contributed by atoms with van der Waals surface area (Å²) in [6.45, 7) is 3.90. The summed E-state index contributed by atoms with van der Waals surface area (Å²) < 4.78 is 12.9. The number of nitrogens with one attached hydrogen (secondary N) is 1. The molecule has 0 aliphatic heterocycles. The first-order valence-corrected chi connectivity index (χ1v) is 5.02. The molecule has 0 heterocycles. The number of hydrogen-bond donors (Lipinski definition) is 1. The maximum absolute atomic E-state index is 12.9. The topological polar surface area (TPSA) is 35.8 Å². The van der Waals surface area contributed by atoms with E-state index in [-0.39, 0.29) is 17.9 Å². The van der Waals surface area contributed by atoms with Crippen molar-refractivity contribution in [2.75, 3.05) is 0 Å². The van der Waals surface area contributed by atoms with Crippen LogP contribution < -0.4 is 5.32 Å². The minimum Gasteiger partial charge on any atom is -0.307 e. The molecule has 1 N–H and O–H groups in total. The van der Waals surface area contributed by atoms with E-state index in [0.717, 1.165) is 5.56 Å². The molecular weight excluding hydrogens is 191 g/mol. The van der Waals surface area contributed by atoms with E-state index < -0.39 is 0 Å². The SMILES string of the molecule is CC(CC#N)NC(C)c1cccc(F)c1. The van der Waals surface area contributed by atoms with Gasteiger partial charge in [0.05, 0.1) is 12.5 Å². The van der Waals surface area contributed by atoms with Crippen molar-refractivity contribution in [1.82, 2.24) is 5.32 Å². The Kier molecular flexibility index (Phi) is 4.26. The third-order valence-electron chi connectivity index (χ3n) is 2.28. The van der Waals surface area contributed by atoms with E-state index in [9.17, 15) is 4.39 Å². The predicted octanol–water partition coefficient (Wildman–Crippen LogP) is 2.78. The molecular formula is C12H15FN2. The molecule has 1 aromatic rings. The van der Waals surface area contributed by atoms with Crippen LogP contribution in [0.1, 0.15) is 31.9 Å². The fourth-order valence-electron chi connectivity index (χ4n) is 1.49. The number of halogens is 1. The van der Waals surface area contributed by atoms with E-state index in [4.69, 9.17) is 5.26 Å². The van der Waals surface area contributed by atoms with E-state index in [2.05, 4.69) is 11.4 Å². The fourth-order valence-corrected chi connectivity index (χ4v) is 1.49. The first-order chi connectivity index (χ1) is 7.13. The minimum absolute atomic E-state index is 0.0593. The van der Waals surface area contributed by atoms with Gasteiger partial charge in [-0.1, -0.05) is 12.1 Å². The Morgan fingerprint density at radius 2 is 2.20 bits per heavy atom. The molecule has 0 bridgehead atoms. The highest BCUT2D eigenvalue weighted by atomic mass is 19.1. The lowest BCUT2D eigenvalue weighted by molar-refractivity contribution is 0.483. The van der Waals surface area contributed by atoms with E-state index >= 15 is 0 Å². The lowest BCUT2D eigenvalue weighted by Gasteiger charge is -2.18. The van der Waals surface area contributed by atoms with Crippen molar-refractivity contribution in [3.05, 3.63) is 35.6 Å². The lowest BCUT2D eigenvalue weighted by atomic mass is 10.1. The van der Waals surface area contributed by atoms with Crippen molar-refractivity contribution in [1.29, 1.82) is 5.26 Å². The average Bonchev–Trinajstić information content (AvgIpc) is 2.18. The highest BCUT2D eigenvalue weighted by Crippen LogP contribution is 2.14. The van der Waals surface area contributed by atoms with Gasteiger partial charge in [-0.05, 0) is 31.5 Å². The average molecular weight is 206 g/mol. The molecule has 0 spiro atoms. The van der Waals surface area contributed by atoms with Gasteiger partial charge in [-0.3, -0.25) is 0 Å². The third kappa shape index (κ3) is 3.69. The third-order valence-corrected chi connectivity index (χ3v) is 2.28. The van der Waals surface area contributed by atoms with E-state index in [0.29, 0.717) is 6.42 Å². The molecule has 2 atom stereocenters. The van der Waals surface area contributed by atoms with Crippen LogP contribution in [0, 0.1) is 17.1 Å². The van der Waals surface area contributed by atoms with Crippen molar-refractivity contribution in [2.24, 2.45) is 0 Å². The summed E-state index contributed by atoms with van der Waals surface area (Å²) in [5.74, 6) is -0.228. The first-order valence-electron chi connectivity index (χ1n) is 5.02. The van der Waals surface area contributed by atoms with Crippen LogP contribution in [0.15, 0.2) is 24.3 Å². The highest BCUT2D eigenvalue weighted by molar-refractivity contribution is 5.19. The standard InChI is InChI=1S/C12H15FN2/c1-9(6-7-14)15-10(2)11-4-3-5-12(13)8-11/h3-5,8-10,15H,6H2,1-2H3. The Balaban J connectivity index is 2.61. The molecule has 80 valence electrons. The summed E-state index contributed by atoms with van der Waals surface area (Å²) in [6, 6.07) is 8.78. The highest BCUT2D eigenvalue weighted by Gasteiger charge is 2.09. The summed E-state index contributed by atoms with van der Waals surface area (Å²) >= 11 is 0. The van der Waals surface area contributed by atoms with Gasteiger partial charge < -0.3 is 5.32 Å². The van der Waals surface area contributed by atoms with Crippen LogP contribution in [0.5, 0.6) is 0 Å². The van der Waals surface area contributed by atoms with Gasteiger partial charge in [0, 0.05) is 12.1 Å². The van der Waals surface area contributed by atoms with Crippen LogP contribution in [0.3, 0.4) is 0 Å². The molecule has 0 amide bonds. The van der Waals surface area contributed by atoms with Gasteiger partial charge in [0.25, 0.3) is 0 Å². The van der Waals surface area contributed by atoms with E-state index in [1.165, 1.54) is 12.1 Å². The molecule has 0 aliphatic rings. The van der Waals surface area contributed by atoms with Crippen LogP contribution in [0.4, 0.5) is 4.39 Å². The number of hydrogen-bond acceptors (Lipinski definition) is 2. The Labute approximate surface area is 89.7 Å². The van der Waals surface area contributed by atoms with Crippen molar-refractivity contribution < 1.29 is 4.39 Å². The quantitative estimate of drug-likeness (QED) is 0.822. The lowest BCUT2D eigenvalue weighted by Crippen LogP contribution is -2.28. The predicted molar refractivity (Wildman–Crippen MR) is 57.6 cm³/mol. The van der Waals surface area contributed by atoms with Gasteiger partial charge in [0.15, 0.2) is 0 Å². The maximum Gasteiger partial charge on any atom is 0.123 e. The van der Waals surface area contributed by atoms with Gasteiger partial charge in [0.1, 0.15) is 5.82 Å². The Morgan fingerprint density at radius 1 is 1.47 bits per heavy atom. The molecule has 15 heavy (non-hydrogen) atoms. The van der Waals surface area contributed by atoms with Crippen molar-refractivity contribution >= 4 is 0 Å². The molecule has 0 saturated carbocycles. The van der Waals surface area contributed by atoms with Crippen LogP contribution in [-0.2, 0) is 0 Å². The summed E-state index contributed by atoms with van der Waals surface area (Å²) in [7, 11) is 0. The van der Waals surface area contributed by atoms with Crippen molar-refractivity contribution in [3.8, 4) is 6.07 Å². The van der Waals surface area contributed by atoms with Crippen molar-refractivity contribution in [3.63, 3.8) is 0 Å². The van der Waals surface area contributed by atoms with Gasteiger partial charge >= 0.3 is 0 Å². The fraction of sp³-hybridized carbons (Fsp3) is 0.417. The molecule has 0 radical (unpaired) electrons. The van der Waals surface area contributed by atoms with Gasteiger partial charge in [0.2, 0.25) is 0 Å². The normalized spacial score (nSPS) is 14.3. The second-order valence-corrected chi connectivity index (χ2v) is 3.71. The molecule has 0 aliphatic carbocycles. The minimum atomic E-state index is -0.228. The van der Waals surface area contributed by atoms with E-state index in [1.54, 1.807) is 6.07 Å². The van der Waals surface area contributed by atoms with Crippen LogP contribution in [0.2, 0.25) is 0 Å².